The molecular weight excluding hydrogens is 244 g/mol. The molecule has 18 heavy (non-hydrogen) atoms. The second-order valence-electron chi connectivity index (χ2n) is 5.52. The van der Waals surface area contributed by atoms with E-state index in [1.807, 2.05) is 0 Å². The van der Waals surface area contributed by atoms with Crippen molar-refractivity contribution in [1.82, 2.24) is 9.80 Å². The minimum Gasteiger partial charge on any atom is -0.392 e. The lowest BCUT2D eigenvalue weighted by Crippen LogP contribution is -2.46. The van der Waals surface area contributed by atoms with Gasteiger partial charge in [-0.1, -0.05) is 14.4 Å². The Morgan fingerprint density at radius 1 is 1.22 bits per heavy atom. The van der Waals surface area contributed by atoms with Gasteiger partial charge in [0.2, 0.25) is 0 Å². The van der Waals surface area contributed by atoms with Crippen LogP contribution in [0.4, 0.5) is 0 Å². The molecule has 112 valence electrons. The van der Waals surface area contributed by atoms with Crippen molar-refractivity contribution < 1.29 is 5.11 Å². The van der Waals surface area contributed by atoms with Gasteiger partial charge in [0.15, 0.2) is 0 Å². The predicted octanol–water partition coefficient (Wildman–Crippen LogP) is 2.31. The van der Waals surface area contributed by atoms with E-state index in [0.29, 0.717) is 18.1 Å². The normalized spacial score (nSPS) is 24.5. The van der Waals surface area contributed by atoms with Gasteiger partial charge in [-0.25, -0.2) is 0 Å². The summed E-state index contributed by atoms with van der Waals surface area (Å²) in [6, 6.07) is 1.69. The third kappa shape index (κ3) is 5.47. The molecule has 0 bridgehead atoms. The van der Waals surface area contributed by atoms with Crippen LogP contribution in [0.5, 0.6) is 0 Å². The molecule has 1 fully saturated rings. The zero-order chi connectivity index (χ0) is 12.3. The van der Waals surface area contributed by atoms with E-state index in [9.17, 15) is 5.11 Å². The molecule has 1 aliphatic rings. The molecule has 0 radical (unpaired) electrons. The number of rotatable bonds is 5. The average Bonchev–Trinajstić information content (AvgIpc) is 2.54. The van der Waals surface area contributed by atoms with Crippen molar-refractivity contribution >= 4 is 13.5 Å². The summed E-state index contributed by atoms with van der Waals surface area (Å²) in [5.74, 6) is 0. The number of likely N-dealkylation sites (N-methyl/N-ethyl adjacent to an activating group) is 1. The third-order valence-electron chi connectivity index (χ3n) is 3.66. The first-order valence-corrected chi connectivity index (χ1v) is 6.63. The van der Waals surface area contributed by atoms with E-state index in [1.165, 1.54) is 0 Å². The lowest BCUT2D eigenvalue weighted by atomic mass is 10.1. The van der Waals surface area contributed by atoms with Gasteiger partial charge in [-0.15, -0.1) is 0 Å². The summed E-state index contributed by atoms with van der Waals surface area (Å²) in [6.07, 6.45) is 0.815. The van der Waals surface area contributed by atoms with Gasteiger partial charge in [0.05, 0.1) is 6.10 Å². The zero-order valence-corrected chi connectivity index (χ0v) is 13.0. The van der Waals surface area contributed by atoms with Gasteiger partial charge < -0.3 is 5.11 Å². The monoisotopic (exact) mass is 278 g/mol. The topological polar surface area (TPSA) is 26.7 Å². The molecule has 1 unspecified atom stereocenters. The van der Waals surface area contributed by atoms with Crippen molar-refractivity contribution in [3.05, 3.63) is 0 Å². The Morgan fingerprint density at radius 2 is 1.72 bits per heavy atom. The van der Waals surface area contributed by atoms with Crippen LogP contribution in [0.2, 0.25) is 0 Å². The maximum absolute atomic E-state index is 9.73. The van der Waals surface area contributed by atoms with Crippen LogP contribution in [0.3, 0.4) is 0 Å². The largest absolute Gasteiger partial charge is 0.392 e. The molecule has 0 spiro atoms. The number of likely N-dealkylation sites (tertiary alicyclic amines) is 1. The molecule has 3 nitrogen and oxygen atoms in total. The Hall–Kier alpha value is 0.230. The van der Waals surface area contributed by atoms with Crippen molar-refractivity contribution in [3.8, 4) is 0 Å². The van der Waals surface area contributed by atoms with Crippen molar-refractivity contribution in [3.63, 3.8) is 0 Å². The summed E-state index contributed by atoms with van der Waals surface area (Å²) in [5.41, 5.74) is 0. The second kappa shape index (κ2) is 9.18. The first-order valence-electron chi connectivity index (χ1n) is 6.63. The summed E-state index contributed by atoms with van der Waals surface area (Å²) in [7, 11) is 0. The minimum absolute atomic E-state index is 0. The van der Waals surface area contributed by atoms with Crippen LogP contribution in [-0.4, -0.2) is 58.8 Å². The number of hydrogen-bond acceptors (Lipinski definition) is 3. The van der Waals surface area contributed by atoms with Crippen LogP contribution in [0.25, 0.3) is 0 Å². The van der Waals surface area contributed by atoms with Crippen LogP contribution >= 0.6 is 13.5 Å². The highest BCUT2D eigenvalue weighted by Crippen LogP contribution is 2.20. The summed E-state index contributed by atoms with van der Waals surface area (Å²) in [4.78, 5) is 4.92. The highest BCUT2D eigenvalue weighted by Gasteiger charge is 2.31. The maximum atomic E-state index is 9.73. The van der Waals surface area contributed by atoms with E-state index in [1.54, 1.807) is 0 Å². The standard InChI is InChI=1S/C13H28N2O.CH4.H2S/c1-6-14-9-13(16)7-12(14)8-15(10(2)3)11(4)5;;/h10-13,16H,6-9H2,1-5H3;1H4;1H2/t12?,13-;;/m1../s1. The Labute approximate surface area is 121 Å². The number of aliphatic hydroxyl groups is 1. The Morgan fingerprint density at radius 3 is 2.11 bits per heavy atom. The zero-order valence-electron chi connectivity index (χ0n) is 12.0. The van der Waals surface area contributed by atoms with Crippen LogP contribution in [0, 0.1) is 0 Å². The number of β-amino-alcohol motifs (C(OH)–C–C–N with tert-alkyl or cyclic N) is 1. The Kier molecular flexibility index (Phi) is 10.5. The van der Waals surface area contributed by atoms with Crippen LogP contribution in [0.15, 0.2) is 0 Å². The molecule has 0 aromatic carbocycles. The Bertz CT molecular complexity index is 204. The van der Waals surface area contributed by atoms with Gasteiger partial charge in [0.1, 0.15) is 0 Å². The predicted molar refractivity (Wildman–Crippen MR) is 85.7 cm³/mol. The lowest BCUT2D eigenvalue weighted by molar-refractivity contribution is 0.121. The molecule has 1 rings (SSSR count). The van der Waals surface area contributed by atoms with Gasteiger partial charge >= 0.3 is 0 Å². The SMILES string of the molecule is C.CCN1C[C@H](O)CC1CN(C(C)C)C(C)C.S. The molecular formula is C14H34N2OS. The van der Waals surface area contributed by atoms with Crippen molar-refractivity contribution in [2.24, 2.45) is 0 Å². The van der Waals surface area contributed by atoms with Gasteiger partial charge in [-0.05, 0) is 40.7 Å². The minimum atomic E-state index is -0.119. The molecule has 0 amide bonds. The van der Waals surface area contributed by atoms with Crippen molar-refractivity contribution in [2.75, 3.05) is 19.6 Å². The first kappa shape index (κ1) is 20.5. The highest BCUT2D eigenvalue weighted by molar-refractivity contribution is 7.59. The average molecular weight is 279 g/mol. The fourth-order valence-electron chi connectivity index (χ4n) is 2.80. The second-order valence-corrected chi connectivity index (χ2v) is 5.52. The third-order valence-corrected chi connectivity index (χ3v) is 3.66. The molecule has 1 N–H and O–H groups in total. The van der Waals surface area contributed by atoms with Gasteiger partial charge in [0, 0.05) is 31.2 Å². The lowest BCUT2D eigenvalue weighted by Gasteiger charge is -2.35. The summed E-state index contributed by atoms with van der Waals surface area (Å²) in [6.45, 7) is 14.2. The number of hydrogen-bond donors (Lipinski definition) is 1. The van der Waals surface area contributed by atoms with Crippen molar-refractivity contribution in [2.45, 2.75) is 72.7 Å². The molecule has 0 aromatic heterocycles. The summed E-state index contributed by atoms with van der Waals surface area (Å²) in [5, 5.41) is 9.73. The van der Waals surface area contributed by atoms with Crippen molar-refractivity contribution in [1.29, 1.82) is 0 Å². The smallest absolute Gasteiger partial charge is 0.0682 e. The van der Waals surface area contributed by atoms with Crippen LogP contribution < -0.4 is 0 Å². The van der Waals surface area contributed by atoms with Gasteiger partial charge in [-0.3, -0.25) is 9.80 Å². The molecule has 1 saturated heterocycles. The van der Waals surface area contributed by atoms with Gasteiger partial charge in [0.25, 0.3) is 0 Å². The molecule has 2 atom stereocenters. The molecule has 0 saturated carbocycles. The number of aliphatic hydroxyl groups excluding tert-OH is 1. The van der Waals surface area contributed by atoms with Gasteiger partial charge in [-0.2, -0.15) is 13.5 Å². The molecule has 1 heterocycles. The fraction of sp³-hybridized carbons (Fsp3) is 1.00. The molecule has 0 aliphatic carbocycles. The maximum Gasteiger partial charge on any atom is 0.0682 e. The van der Waals surface area contributed by atoms with E-state index < -0.39 is 0 Å². The molecule has 0 aromatic rings. The van der Waals surface area contributed by atoms with E-state index >= 15 is 0 Å². The quantitative estimate of drug-likeness (QED) is 0.836. The molecule has 4 heteroatoms. The Balaban J connectivity index is 0. The molecule has 1 aliphatic heterocycles. The van der Waals surface area contributed by atoms with E-state index in [4.69, 9.17) is 0 Å². The van der Waals surface area contributed by atoms with Crippen LogP contribution in [-0.2, 0) is 0 Å². The first-order chi connectivity index (χ1) is 7.45. The summed E-state index contributed by atoms with van der Waals surface area (Å²) >= 11 is 0. The van der Waals surface area contributed by atoms with Crippen LogP contribution in [0.1, 0.15) is 48.5 Å². The number of nitrogens with zero attached hydrogens (tertiary/aromatic N) is 2. The highest BCUT2D eigenvalue weighted by atomic mass is 32.1. The van der Waals surface area contributed by atoms with E-state index in [-0.39, 0.29) is 27.0 Å². The fourth-order valence-corrected chi connectivity index (χ4v) is 2.80. The summed E-state index contributed by atoms with van der Waals surface area (Å²) < 4.78 is 0. The van der Waals surface area contributed by atoms with E-state index in [0.717, 1.165) is 26.1 Å². The van der Waals surface area contributed by atoms with E-state index in [2.05, 4.69) is 44.4 Å².